The van der Waals surface area contributed by atoms with Crippen LogP contribution >= 0.6 is 0 Å². The molecule has 3 aromatic rings. The van der Waals surface area contributed by atoms with Crippen molar-refractivity contribution in [2.75, 3.05) is 37.9 Å². The summed E-state index contributed by atoms with van der Waals surface area (Å²) in [6.07, 6.45) is 1.81. The van der Waals surface area contributed by atoms with E-state index in [0.717, 1.165) is 47.0 Å². The lowest BCUT2D eigenvalue weighted by Crippen LogP contribution is -2.27. The zero-order valence-corrected chi connectivity index (χ0v) is 16.6. The molecule has 0 atom stereocenters. The van der Waals surface area contributed by atoms with Crippen molar-refractivity contribution in [1.82, 2.24) is 9.88 Å². The smallest absolute Gasteiger partial charge is 0.254 e. The number of nitrogens with one attached hydrogen (secondary N) is 2. The minimum absolute atomic E-state index is 0.0460. The van der Waals surface area contributed by atoms with Gasteiger partial charge >= 0.3 is 0 Å². The van der Waals surface area contributed by atoms with Gasteiger partial charge in [0.25, 0.3) is 5.91 Å². The molecule has 6 nitrogen and oxygen atoms in total. The van der Waals surface area contributed by atoms with E-state index in [9.17, 15) is 4.79 Å². The van der Waals surface area contributed by atoms with Gasteiger partial charge in [0.05, 0.1) is 12.8 Å². The molecule has 0 saturated heterocycles. The first kappa shape index (κ1) is 18.8. The van der Waals surface area contributed by atoms with Gasteiger partial charge in [0.1, 0.15) is 11.6 Å². The molecule has 0 aliphatic carbocycles. The fraction of sp³-hybridized carbons (Fsp3) is 0.217. The van der Waals surface area contributed by atoms with E-state index < -0.39 is 0 Å². The molecule has 0 unspecified atom stereocenters. The largest absolute Gasteiger partial charge is 0.496 e. The number of carbonyl (C=O) groups is 1. The second kappa shape index (κ2) is 8.22. The zero-order chi connectivity index (χ0) is 20.2. The summed E-state index contributed by atoms with van der Waals surface area (Å²) in [5.74, 6) is 1.57. The van der Waals surface area contributed by atoms with Gasteiger partial charge in [0, 0.05) is 49.6 Å². The van der Waals surface area contributed by atoms with Crippen LogP contribution in [0.4, 0.5) is 11.5 Å². The van der Waals surface area contributed by atoms with Crippen molar-refractivity contribution in [2.45, 2.75) is 6.54 Å². The van der Waals surface area contributed by atoms with E-state index in [2.05, 4.69) is 15.6 Å². The SMILES string of the molecule is COc1ccccc1CN(C)C(=O)c1ccccc1-c1cnc2c(c1)NCCN2. The second-order valence-corrected chi connectivity index (χ2v) is 6.99. The molecule has 29 heavy (non-hydrogen) atoms. The minimum atomic E-state index is -0.0460. The van der Waals surface area contributed by atoms with Crippen LogP contribution in [0, 0.1) is 0 Å². The highest BCUT2D eigenvalue weighted by molar-refractivity contribution is 6.01. The lowest BCUT2D eigenvalue weighted by Gasteiger charge is -2.22. The van der Waals surface area contributed by atoms with Crippen molar-refractivity contribution in [3.05, 3.63) is 71.9 Å². The van der Waals surface area contributed by atoms with Crippen LogP contribution in [0.1, 0.15) is 15.9 Å². The third kappa shape index (κ3) is 3.87. The Bertz CT molecular complexity index is 1030. The number of benzene rings is 2. The Morgan fingerprint density at radius 1 is 1.10 bits per heavy atom. The zero-order valence-electron chi connectivity index (χ0n) is 16.6. The molecule has 2 aromatic carbocycles. The van der Waals surface area contributed by atoms with E-state index in [1.807, 2.05) is 67.8 Å². The summed E-state index contributed by atoms with van der Waals surface area (Å²) in [6, 6.07) is 17.4. The molecule has 1 amide bonds. The van der Waals surface area contributed by atoms with Crippen molar-refractivity contribution < 1.29 is 9.53 Å². The molecule has 1 aromatic heterocycles. The molecule has 0 bridgehead atoms. The van der Waals surface area contributed by atoms with Crippen molar-refractivity contribution >= 4 is 17.4 Å². The number of methoxy groups -OCH3 is 1. The lowest BCUT2D eigenvalue weighted by atomic mass is 9.99. The number of ether oxygens (including phenoxy) is 1. The highest BCUT2D eigenvalue weighted by Gasteiger charge is 2.19. The highest BCUT2D eigenvalue weighted by atomic mass is 16.5. The van der Waals surface area contributed by atoms with Crippen LogP contribution in [0.5, 0.6) is 5.75 Å². The number of pyridine rings is 1. The molecule has 0 radical (unpaired) electrons. The molecule has 0 saturated carbocycles. The van der Waals surface area contributed by atoms with Gasteiger partial charge < -0.3 is 20.3 Å². The maximum Gasteiger partial charge on any atom is 0.254 e. The minimum Gasteiger partial charge on any atom is -0.496 e. The number of aromatic nitrogens is 1. The fourth-order valence-corrected chi connectivity index (χ4v) is 3.55. The van der Waals surface area contributed by atoms with Gasteiger partial charge in [-0.15, -0.1) is 0 Å². The van der Waals surface area contributed by atoms with Gasteiger partial charge in [-0.2, -0.15) is 0 Å². The van der Waals surface area contributed by atoms with Crippen molar-refractivity contribution in [3.63, 3.8) is 0 Å². The highest BCUT2D eigenvalue weighted by Crippen LogP contribution is 2.31. The fourth-order valence-electron chi connectivity index (χ4n) is 3.55. The van der Waals surface area contributed by atoms with Crippen LogP contribution < -0.4 is 15.4 Å². The van der Waals surface area contributed by atoms with Crippen LogP contribution in [-0.2, 0) is 6.54 Å². The van der Waals surface area contributed by atoms with Gasteiger partial charge in [-0.1, -0.05) is 36.4 Å². The Balaban J connectivity index is 1.63. The van der Waals surface area contributed by atoms with Crippen LogP contribution in [0.25, 0.3) is 11.1 Å². The molecule has 0 spiro atoms. The van der Waals surface area contributed by atoms with Gasteiger partial charge in [-0.3, -0.25) is 4.79 Å². The first-order valence-electron chi connectivity index (χ1n) is 9.62. The quantitative estimate of drug-likeness (QED) is 0.695. The monoisotopic (exact) mass is 388 g/mol. The summed E-state index contributed by atoms with van der Waals surface area (Å²) >= 11 is 0. The summed E-state index contributed by atoms with van der Waals surface area (Å²) in [5, 5.41) is 6.63. The van der Waals surface area contributed by atoms with Gasteiger partial charge in [-0.25, -0.2) is 4.98 Å². The van der Waals surface area contributed by atoms with E-state index in [1.54, 1.807) is 12.0 Å². The summed E-state index contributed by atoms with van der Waals surface area (Å²) in [6.45, 7) is 2.16. The maximum absolute atomic E-state index is 13.3. The summed E-state index contributed by atoms with van der Waals surface area (Å²) in [4.78, 5) is 19.5. The molecule has 4 rings (SSSR count). The first-order chi connectivity index (χ1) is 14.2. The number of carbonyl (C=O) groups excluding carboxylic acids is 1. The second-order valence-electron chi connectivity index (χ2n) is 6.99. The van der Waals surface area contributed by atoms with Crippen molar-refractivity contribution in [1.29, 1.82) is 0 Å². The topological polar surface area (TPSA) is 66.5 Å². The van der Waals surface area contributed by atoms with E-state index >= 15 is 0 Å². The number of anilines is 2. The van der Waals surface area contributed by atoms with Crippen LogP contribution in [0.3, 0.4) is 0 Å². The van der Waals surface area contributed by atoms with Crippen molar-refractivity contribution in [3.8, 4) is 16.9 Å². The molecule has 2 N–H and O–H groups in total. The first-order valence-corrected chi connectivity index (χ1v) is 9.62. The predicted octanol–water partition coefficient (Wildman–Crippen LogP) is 3.87. The third-order valence-corrected chi connectivity index (χ3v) is 5.04. The molecule has 2 heterocycles. The maximum atomic E-state index is 13.3. The van der Waals surface area contributed by atoms with E-state index in [4.69, 9.17) is 4.74 Å². The van der Waals surface area contributed by atoms with Crippen LogP contribution in [-0.4, -0.2) is 43.0 Å². The van der Waals surface area contributed by atoms with Crippen LogP contribution in [0.15, 0.2) is 60.8 Å². The summed E-state index contributed by atoms with van der Waals surface area (Å²) in [7, 11) is 3.45. The Morgan fingerprint density at radius 3 is 2.72 bits per heavy atom. The van der Waals surface area contributed by atoms with Gasteiger partial charge in [0.2, 0.25) is 0 Å². The predicted molar refractivity (Wildman–Crippen MR) is 115 cm³/mol. The number of rotatable bonds is 5. The Kier molecular flexibility index (Phi) is 5.33. The molecule has 148 valence electrons. The van der Waals surface area contributed by atoms with Crippen molar-refractivity contribution in [2.24, 2.45) is 0 Å². The number of nitrogens with zero attached hydrogens (tertiary/aromatic N) is 2. The lowest BCUT2D eigenvalue weighted by molar-refractivity contribution is 0.0785. The number of para-hydroxylation sites is 1. The van der Waals surface area contributed by atoms with E-state index in [-0.39, 0.29) is 5.91 Å². The van der Waals surface area contributed by atoms with Gasteiger partial charge in [-0.05, 0) is 23.8 Å². The molecule has 1 aliphatic rings. The molecular formula is C23H24N4O2. The number of fused-ring (bicyclic) bond motifs is 1. The van der Waals surface area contributed by atoms with Crippen LogP contribution in [0.2, 0.25) is 0 Å². The number of amides is 1. The van der Waals surface area contributed by atoms with E-state index in [1.165, 1.54) is 0 Å². The Morgan fingerprint density at radius 2 is 1.86 bits per heavy atom. The average molecular weight is 388 g/mol. The Labute approximate surface area is 170 Å². The summed E-state index contributed by atoms with van der Waals surface area (Å²) < 4.78 is 5.42. The molecule has 1 aliphatic heterocycles. The molecular weight excluding hydrogens is 364 g/mol. The standard InChI is InChI=1S/C23H24N4O2/c1-27(15-16-7-3-6-10-21(16)29-2)23(28)19-9-5-4-8-18(19)17-13-20-22(26-14-17)25-12-11-24-20/h3-10,13-14,24H,11-12,15H2,1-2H3,(H,25,26). The van der Waals surface area contributed by atoms with E-state index in [0.29, 0.717) is 12.1 Å². The van der Waals surface area contributed by atoms with Gasteiger partial charge in [0.15, 0.2) is 0 Å². The third-order valence-electron chi connectivity index (χ3n) is 5.04. The average Bonchev–Trinajstić information content (AvgIpc) is 2.78. The number of hydrogen-bond acceptors (Lipinski definition) is 5. The normalized spacial score (nSPS) is 12.3. The molecule has 6 heteroatoms. The number of hydrogen-bond donors (Lipinski definition) is 2. The summed E-state index contributed by atoms with van der Waals surface area (Å²) in [5.41, 5.74) is 4.35. The Hall–Kier alpha value is -3.54. The molecule has 0 fully saturated rings.